The number of aryl methyl sites for hydroxylation is 1. The molecular weight excluding hydrogens is 417 g/mol. The van der Waals surface area contributed by atoms with Gasteiger partial charge in [-0.1, -0.05) is 31.2 Å². The minimum Gasteiger partial charge on any atom is -0.469 e. The Kier molecular flexibility index (Phi) is 12.3. The van der Waals surface area contributed by atoms with Gasteiger partial charge in [-0.2, -0.15) is 0 Å². The second-order valence-corrected chi connectivity index (χ2v) is 5.53. The van der Waals surface area contributed by atoms with Gasteiger partial charge in [0.1, 0.15) is 0 Å². The van der Waals surface area contributed by atoms with Gasteiger partial charge in [-0.05, 0) is 30.4 Å². The van der Waals surface area contributed by atoms with Crippen molar-refractivity contribution in [3.8, 4) is 0 Å². The van der Waals surface area contributed by atoms with Crippen LogP contribution in [0.2, 0.25) is 0 Å². The Morgan fingerprint density at radius 2 is 1.83 bits per heavy atom. The molecule has 0 fully saturated rings. The summed E-state index contributed by atoms with van der Waals surface area (Å²) in [5.74, 6) is 0.713. The first kappa shape index (κ1) is 22.7. The van der Waals surface area contributed by atoms with Crippen LogP contribution in [-0.2, 0) is 22.5 Å². The molecule has 0 aliphatic rings. The summed E-state index contributed by atoms with van der Waals surface area (Å²) in [6.07, 6.45) is 3.26. The van der Waals surface area contributed by atoms with Crippen molar-refractivity contribution < 1.29 is 9.53 Å². The number of unbranched alkanes of at least 4 members (excludes halogenated alkanes) is 1. The molecule has 6 heteroatoms. The summed E-state index contributed by atoms with van der Waals surface area (Å²) >= 11 is 0. The van der Waals surface area contributed by atoms with Gasteiger partial charge in [0.2, 0.25) is 0 Å². The Morgan fingerprint density at radius 1 is 1.21 bits per heavy atom. The standard InChI is InChI=1S/C18H29N3O2.HI/c1-5-15-9-11-16(12-10-15)14-21(3)18(19-2)20-13-7-6-8-17(22)23-4;/h9-12H,5-8,13-14H2,1-4H3,(H,19,20);1H. The Labute approximate surface area is 162 Å². The highest BCUT2D eigenvalue weighted by molar-refractivity contribution is 14.0. The molecule has 1 rings (SSSR count). The summed E-state index contributed by atoms with van der Waals surface area (Å²) < 4.78 is 4.63. The van der Waals surface area contributed by atoms with Crippen LogP contribution in [0.3, 0.4) is 0 Å². The number of carbonyl (C=O) groups excluding carboxylic acids is 1. The molecule has 0 aliphatic heterocycles. The van der Waals surface area contributed by atoms with E-state index in [-0.39, 0.29) is 29.9 Å². The minimum absolute atomic E-state index is 0. The van der Waals surface area contributed by atoms with Gasteiger partial charge in [-0.3, -0.25) is 9.79 Å². The maximum absolute atomic E-state index is 11.0. The third-order valence-corrected chi connectivity index (χ3v) is 3.74. The first-order valence-corrected chi connectivity index (χ1v) is 8.17. The zero-order valence-electron chi connectivity index (χ0n) is 15.2. The summed E-state index contributed by atoms with van der Waals surface area (Å²) in [4.78, 5) is 17.5. The number of methoxy groups -OCH3 is 1. The lowest BCUT2D eigenvalue weighted by molar-refractivity contribution is -0.140. The summed E-state index contributed by atoms with van der Waals surface area (Å²) in [6.45, 7) is 3.77. The van der Waals surface area contributed by atoms with Gasteiger partial charge in [-0.15, -0.1) is 24.0 Å². The molecule has 0 aromatic heterocycles. The first-order chi connectivity index (χ1) is 11.1. The number of carbonyl (C=O) groups is 1. The van der Waals surface area contributed by atoms with Gasteiger partial charge >= 0.3 is 5.97 Å². The first-order valence-electron chi connectivity index (χ1n) is 8.17. The summed E-state index contributed by atoms with van der Waals surface area (Å²) in [6, 6.07) is 8.68. The van der Waals surface area contributed by atoms with Gasteiger partial charge in [0.05, 0.1) is 7.11 Å². The van der Waals surface area contributed by atoms with Crippen LogP contribution >= 0.6 is 24.0 Å². The Bertz CT molecular complexity index is 503. The van der Waals surface area contributed by atoms with Crippen molar-refractivity contribution >= 4 is 35.9 Å². The third-order valence-electron chi connectivity index (χ3n) is 3.74. The van der Waals surface area contributed by atoms with Crippen LogP contribution in [0.5, 0.6) is 0 Å². The number of esters is 1. The SMILES string of the molecule is CCc1ccc(CN(C)C(=NC)NCCCCC(=O)OC)cc1.I. The molecule has 0 spiro atoms. The molecule has 1 aromatic rings. The second-order valence-electron chi connectivity index (χ2n) is 5.53. The lowest BCUT2D eigenvalue weighted by Gasteiger charge is -2.22. The van der Waals surface area contributed by atoms with Gasteiger partial charge in [0, 0.05) is 33.6 Å². The van der Waals surface area contributed by atoms with Crippen molar-refractivity contribution in [3.05, 3.63) is 35.4 Å². The molecule has 0 aliphatic carbocycles. The number of hydrogen-bond donors (Lipinski definition) is 1. The fourth-order valence-corrected chi connectivity index (χ4v) is 2.31. The average molecular weight is 447 g/mol. The smallest absolute Gasteiger partial charge is 0.305 e. The lowest BCUT2D eigenvalue weighted by atomic mass is 10.1. The van der Waals surface area contributed by atoms with E-state index in [0.29, 0.717) is 6.42 Å². The molecule has 0 saturated heterocycles. The van der Waals surface area contributed by atoms with E-state index in [4.69, 9.17) is 0 Å². The fraction of sp³-hybridized carbons (Fsp3) is 0.556. The van der Waals surface area contributed by atoms with Crippen LogP contribution in [0, 0.1) is 0 Å². The predicted octanol–water partition coefficient (Wildman–Crippen LogP) is 3.22. The van der Waals surface area contributed by atoms with Crippen LogP contribution in [0.4, 0.5) is 0 Å². The van der Waals surface area contributed by atoms with Crippen molar-refractivity contribution in [1.82, 2.24) is 10.2 Å². The molecule has 0 atom stereocenters. The molecule has 1 N–H and O–H groups in total. The van der Waals surface area contributed by atoms with E-state index in [2.05, 4.69) is 51.1 Å². The van der Waals surface area contributed by atoms with Crippen LogP contribution in [-0.4, -0.2) is 44.6 Å². The lowest BCUT2D eigenvalue weighted by Crippen LogP contribution is -2.38. The topological polar surface area (TPSA) is 53.9 Å². The molecule has 1 aromatic carbocycles. The number of hydrogen-bond acceptors (Lipinski definition) is 3. The fourth-order valence-electron chi connectivity index (χ4n) is 2.31. The number of benzene rings is 1. The number of halogens is 1. The largest absolute Gasteiger partial charge is 0.469 e. The number of guanidine groups is 1. The molecule has 0 amide bonds. The van der Waals surface area contributed by atoms with Crippen molar-refractivity contribution in [2.24, 2.45) is 4.99 Å². The van der Waals surface area contributed by atoms with Gasteiger partial charge in [0.15, 0.2) is 5.96 Å². The van der Waals surface area contributed by atoms with Gasteiger partial charge < -0.3 is 15.0 Å². The van der Waals surface area contributed by atoms with Crippen LogP contribution in [0.1, 0.15) is 37.3 Å². The van der Waals surface area contributed by atoms with Crippen LogP contribution in [0.25, 0.3) is 0 Å². The van der Waals surface area contributed by atoms with E-state index < -0.39 is 0 Å². The quantitative estimate of drug-likeness (QED) is 0.219. The van der Waals surface area contributed by atoms with Gasteiger partial charge in [-0.25, -0.2) is 0 Å². The Morgan fingerprint density at radius 3 is 2.38 bits per heavy atom. The van der Waals surface area contributed by atoms with Crippen LogP contribution < -0.4 is 5.32 Å². The maximum Gasteiger partial charge on any atom is 0.305 e. The molecular formula is C18H30IN3O2. The van der Waals surface area contributed by atoms with Gasteiger partial charge in [0.25, 0.3) is 0 Å². The molecule has 5 nitrogen and oxygen atoms in total. The zero-order chi connectivity index (χ0) is 17.1. The van der Waals surface area contributed by atoms with E-state index in [1.165, 1.54) is 18.2 Å². The van der Waals surface area contributed by atoms with E-state index in [0.717, 1.165) is 38.3 Å². The number of aliphatic imine (C=N–C) groups is 1. The predicted molar refractivity (Wildman–Crippen MR) is 110 cm³/mol. The maximum atomic E-state index is 11.0. The molecule has 24 heavy (non-hydrogen) atoms. The Balaban J connectivity index is 0.00000529. The highest BCUT2D eigenvalue weighted by Gasteiger charge is 2.06. The summed E-state index contributed by atoms with van der Waals surface area (Å²) in [5.41, 5.74) is 2.61. The third kappa shape index (κ3) is 8.52. The molecule has 0 unspecified atom stereocenters. The molecule has 0 bridgehead atoms. The number of nitrogens with one attached hydrogen (secondary N) is 1. The summed E-state index contributed by atoms with van der Waals surface area (Å²) in [5, 5.41) is 3.33. The Hall–Kier alpha value is -1.31. The van der Waals surface area contributed by atoms with E-state index in [1.807, 2.05) is 7.05 Å². The molecule has 0 radical (unpaired) electrons. The van der Waals surface area contributed by atoms with E-state index in [1.54, 1.807) is 7.05 Å². The van der Waals surface area contributed by atoms with E-state index >= 15 is 0 Å². The highest BCUT2D eigenvalue weighted by Crippen LogP contribution is 2.07. The van der Waals surface area contributed by atoms with Crippen molar-refractivity contribution in [2.75, 3.05) is 27.7 Å². The molecule has 0 heterocycles. The van der Waals surface area contributed by atoms with Crippen LogP contribution in [0.15, 0.2) is 29.3 Å². The normalized spacial score (nSPS) is 10.8. The average Bonchev–Trinajstić information content (AvgIpc) is 2.58. The summed E-state index contributed by atoms with van der Waals surface area (Å²) in [7, 11) is 5.23. The van der Waals surface area contributed by atoms with Crippen molar-refractivity contribution in [1.29, 1.82) is 0 Å². The zero-order valence-corrected chi connectivity index (χ0v) is 17.5. The van der Waals surface area contributed by atoms with Crippen molar-refractivity contribution in [2.45, 2.75) is 39.2 Å². The second kappa shape index (κ2) is 13.0. The molecule has 136 valence electrons. The van der Waals surface area contributed by atoms with Crippen molar-refractivity contribution in [3.63, 3.8) is 0 Å². The highest BCUT2D eigenvalue weighted by atomic mass is 127. The monoisotopic (exact) mass is 447 g/mol. The molecule has 0 saturated carbocycles. The number of rotatable bonds is 8. The van der Waals surface area contributed by atoms with E-state index in [9.17, 15) is 4.79 Å². The minimum atomic E-state index is -0.151. The number of ether oxygens (including phenoxy) is 1. The number of nitrogens with zero attached hydrogens (tertiary/aromatic N) is 2.